The molecule has 2 aromatic rings. The number of benzene rings is 1. The monoisotopic (exact) mass is 405 g/mol. The molecule has 0 saturated carbocycles. The number of carbonyl (C=O) groups excluding carboxylic acids is 1. The van der Waals surface area contributed by atoms with Gasteiger partial charge in [0, 0.05) is 13.1 Å². The van der Waals surface area contributed by atoms with Crippen molar-refractivity contribution in [3.05, 3.63) is 41.2 Å². The summed E-state index contributed by atoms with van der Waals surface area (Å²) in [5.41, 5.74) is 9.45. The number of nitrogens with zero attached hydrogens (tertiary/aromatic N) is 4. The average Bonchev–Trinajstić information content (AvgIpc) is 3.28. The van der Waals surface area contributed by atoms with Crippen molar-refractivity contribution >= 4 is 18.3 Å². The fourth-order valence-electron chi connectivity index (χ4n) is 3.60. The molecule has 154 valence electrons. The molecule has 1 unspecified atom stereocenters. The number of hydrogen-bond acceptors (Lipinski definition) is 4. The zero-order valence-corrected chi connectivity index (χ0v) is 18.1. The normalized spacial score (nSPS) is 16.9. The van der Waals surface area contributed by atoms with Gasteiger partial charge in [-0.1, -0.05) is 51.5 Å². The number of amides is 1. The minimum Gasteiger partial charge on any atom is -0.337 e. The molecule has 6 nitrogen and oxygen atoms in total. The average molecular weight is 406 g/mol. The van der Waals surface area contributed by atoms with Gasteiger partial charge in [0.05, 0.1) is 11.4 Å². The Labute approximate surface area is 173 Å². The Morgan fingerprint density at radius 1 is 1.25 bits per heavy atom. The highest BCUT2D eigenvalue weighted by molar-refractivity contribution is 5.93. The lowest BCUT2D eigenvalue weighted by molar-refractivity contribution is 0.0780. The van der Waals surface area contributed by atoms with E-state index >= 15 is 0 Å². The van der Waals surface area contributed by atoms with Gasteiger partial charge in [-0.3, -0.25) is 4.79 Å². The molecule has 2 heterocycles. The first-order valence-electron chi connectivity index (χ1n) is 9.90. The summed E-state index contributed by atoms with van der Waals surface area (Å²) in [7, 11) is 0. The van der Waals surface area contributed by atoms with E-state index in [1.807, 2.05) is 9.58 Å². The Bertz CT molecular complexity index is 794. The van der Waals surface area contributed by atoms with Crippen LogP contribution in [0.2, 0.25) is 0 Å². The molecule has 1 amide bonds. The summed E-state index contributed by atoms with van der Waals surface area (Å²) in [6.45, 7) is 10.8. The minimum atomic E-state index is -0.0213. The lowest BCUT2D eigenvalue weighted by Gasteiger charge is -2.19. The number of halogens is 1. The van der Waals surface area contributed by atoms with Crippen LogP contribution in [0.1, 0.15) is 62.3 Å². The predicted octanol–water partition coefficient (Wildman–Crippen LogP) is 3.36. The Morgan fingerprint density at radius 2 is 1.93 bits per heavy atom. The second-order valence-electron chi connectivity index (χ2n) is 8.48. The molecule has 0 aliphatic carbocycles. The van der Waals surface area contributed by atoms with Crippen LogP contribution in [0.4, 0.5) is 0 Å². The fourth-order valence-corrected chi connectivity index (χ4v) is 3.60. The first kappa shape index (κ1) is 22.4. The molecule has 1 aliphatic rings. The van der Waals surface area contributed by atoms with Gasteiger partial charge >= 0.3 is 0 Å². The van der Waals surface area contributed by atoms with E-state index in [0.29, 0.717) is 24.7 Å². The molecular formula is C21H32ClN5O. The molecule has 1 aromatic heterocycles. The van der Waals surface area contributed by atoms with Crippen LogP contribution >= 0.6 is 12.4 Å². The highest BCUT2D eigenvalue weighted by Crippen LogP contribution is 2.25. The summed E-state index contributed by atoms with van der Waals surface area (Å²) in [6.07, 6.45) is 2.66. The van der Waals surface area contributed by atoms with E-state index in [1.54, 1.807) is 0 Å². The van der Waals surface area contributed by atoms with Crippen LogP contribution in [0.3, 0.4) is 0 Å². The van der Waals surface area contributed by atoms with Crippen LogP contribution in [-0.4, -0.2) is 45.4 Å². The number of hydrogen-bond donors (Lipinski definition) is 1. The Hall–Kier alpha value is -1.92. The Balaban J connectivity index is 0.00000280. The van der Waals surface area contributed by atoms with Crippen LogP contribution in [0.15, 0.2) is 24.3 Å². The van der Waals surface area contributed by atoms with E-state index < -0.39 is 0 Å². The molecule has 7 heteroatoms. The molecule has 1 saturated heterocycles. The summed E-state index contributed by atoms with van der Waals surface area (Å²) >= 11 is 0. The van der Waals surface area contributed by atoms with Crippen LogP contribution in [0.25, 0.3) is 5.69 Å². The molecule has 0 bridgehead atoms. The van der Waals surface area contributed by atoms with Crippen LogP contribution in [0, 0.1) is 5.92 Å². The number of likely N-dealkylation sites (tertiary alicyclic amines) is 1. The van der Waals surface area contributed by atoms with Gasteiger partial charge in [0.1, 0.15) is 0 Å². The molecule has 1 atom stereocenters. The second kappa shape index (κ2) is 9.05. The van der Waals surface area contributed by atoms with Gasteiger partial charge in [0.15, 0.2) is 5.69 Å². The van der Waals surface area contributed by atoms with Crippen molar-refractivity contribution in [3.63, 3.8) is 0 Å². The SMILES string of the molecule is CCCc1c(C(=O)N2CCC(CN)C2)nnn1-c1ccc(C(C)(C)C)cc1.Cl. The zero-order valence-electron chi connectivity index (χ0n) is 17.3. The minimum absolute atomic E-state index is 0. The highest BCUT2D eigenvalue weighted by Gasteiger charge is 2.30. The lowest BCUT2D eigenvalue weighted by atomic mass is 9.87. The van der Waals surface area contributed by atoms with Crippen LogP contribution < -0.4 is 5.73 Å². The van der Waals surface area contributed by atoms with E-state index in [2.05, 4.69) is 62.3 Å². The van der Waals surface area contributed by atoms with E-state index in [-0.39, 0.29) is 23.7 Å². The topological polar surface area (TPSA) is 77.0 Å². The van der Waals surface area contributed by atoms with E-state index in [9.17, 15) is 4.79 Å². The van der Waals surface area contributed by atoms with Gasteiger partial charge in [-0.05, 0) is 48.4 Å². The smallest absolute Gasteiger partial charge is 0.276 e. The van der Waals surface area contributed by atoms with Crippen LogP contribution in [-0.2, 0) is 11.8 Å². The number of rotatable bonds is 5. The van der Waals surface area contributed by atoms with Crippen molar-refractivity contribution in [3.8, 4) is 5.69 Å². The summed E-state index contributed by atoms with van der Waals surface area (Å²) < 4.78 is 1.82. The number of carbonyl (C=O) groups is 1. The van der Waals surface area contributed by atoms with Crippen LogP contribution in [0.5, 0.6) is 0 Å². The first-order chi connectivity index (χ1) is 12.8. The van der Waals surface area contributed by atoms with Gasteiger partial charge in [-0.25, -0.2) is 4.68 Å². The molecule has 2 N–H and O–H groups in total. The van der Waals surface area contributed by atoms with Gasteiger partial charge in [-0.15, -0.1) is 17.5 Å². The standard InChI is InChI=1S/C21H31N5O.ClH/c1-5-6-18-19(20(27)25-12-11-15(13-22)14-25)23-24-26(18)17-9-7-16(8-10-17)21(2,3)4;/h7-10,15H,5-6,11-14,22H2,1-4H3;1H. The maximum atomic E-state index is 13.0. The fraction of sp³-hybridized carbons (Fsp3) is 0.571. The van der Waals surface area contributed by atoms with Crippen molar-refractivity contribution in [2.75, 3.05) is 19.6 Å². The maximum Gasteiger partial charge on any atom is 0.276 e. The third-order valence-electron chi connectivity index (χ3n) is 5.34. The van der Waals surface area contributed by atoms with E-state index in [1.165, 1.54) is 5.56 Å². The molecule has 0 radical (unpaired) electrons. The molecule has 1 aliphatic heterocycles. The Kier molecular flexibility index (Phi) is 7.23. The predicted molar refractivity (Wildman–Crippen MR) is 114 cm³/mol. The van der Waals surface area contributed by atoms with Crippen molar-refractivity contribution in [2.45, 2.75) is 52.4 Å². The van der Waals surface area contributed by atoms with E-state index in [4.69, 9.17) is 5.73 Å². The summed E-state index contributed by atoms with van der Waals surface area (Å²) in [6, 6.07) is 8.37. The molecule has 28 heavy (non-hydrogen) atoms. The molecular weight excluding hydrogens is 374 g/mol. The first-order valence-corrected chi connectivity index (χ1v) is 9.90. The number of aromatic nitrogens is 3. The summed E-state index contributed by atoms with van der Waals surface area (Å²) in [4.78, 5) is 14.9. The van der Waals surface area contributed by atoms with Crippen molar-refractivity contribution in [1.29, 1.82) is 0 Å². The van der Waals surface area contributed by atoms with Gasteiger partial charge in [0.2, 0.25) is 0 Å². The molecule has 3 rings (SSSR count). The van der Waals surface area contributed by atoms with Gasteiger partial charge in [0.25, 0.3) is 5.91 Å². The largest absolute Gasteiger partial charge is 0.337 e. The van der Waals surface area contributed by atoms with Crippen molar-refractivity contribution in [1.82, 2.24) is 19.9 Å². The Morgan fingerprint density at radius 3 is 2.46 bits per heavy atom. The van der Waals surface area contributed by atoms with Crippen molar-refractivity contribution < 1.29 is 4.79 Å². The molecule has 1 fully saturated rings. The van der Waals surface area contributed by atoms with Gasteiger partial charge in [-0.2, -0.15) is 0 Å². The third kappa shape index (κ3) is 4.55. The van der Waals surface area contributed by atoms with Gasteiger partial charge < -0.3 is 10.6 Å². The third-order valence-corrected chi connectivity index (χ3v) is 5.34. The van der Waals surface area contributed by atoms with Crippen molar-refractivity contribution in [2.24, 2.45) is 11.7 Å². The number of nitrogens with two attached hydrogens (primary N) is 1. The lowest BCUT2D eigenvalue weighted by Crippen LogP contribution is -2.31. The molecule has 0 spiro atoms. The summed E-state index contributed by atoms with van der Waals surface area (Å²) in [5, 5.41) is 8.59. The zero-order chi connectivity index (χ0) is 19.6. The maximum absolute atomic E-state index is 13.0. The summed E-state index contributed by atoms with van der Waals surface area (Å²) in [5.74, 6) is 0.371. The molecule has 1 aromatic carbocycles. The second-order valence-corrected chi connectivity index (χ2v) is 8.48. The van der Waals surface area contributed by atoms with E-state index in [0.717, 1.165) is 37.2 Å². The quantitative estimate of drug-likeness (QED) is 0.827. The highest BCUT2D eigenvalue weighted by atomic mass is 35.5.